The van der Waals surface area contributed by atoms with Crippen molar-refractivity contribution in [3.63, 3.8) is 0 Å². The summed E-state index contributed by atoms with van der Waals surface area (Å²) in [6.07, 6.45) is 1.69. The van der Waals surface area contributed by atoms with Crippen molar-refractivity contribution >= 4 is 28.2 Å². The number of hydrogen-bond donors (Lipinski definition) is 1. The number of carbonyl (C=O) groups excluding carboxylic acids is 1. The molecule has 0 saturated carbocycles. The lowest BCUT2D eigenvalue weighted by atomic mass is 10.1. The number of pyridine rings is 1. The summed E-state index contributed by atoms with van der Waals surface area (Å²) >= 11 is 0. The predicted octanol–water partition coefficient (Wildman–Crippen LogP) is 6.04. The summed E-state index contributed by atoms with van der Waals surface area (Å²) < 4.78 is 13.4. The van der Waals surface area contributed by atoms with Gasteiger partial charge < -0.3 is 10.2 Å². The number of amides is 1. The number of halogens is 1. The van der Waals surface area contributed by atoms with Crippen LogP contribution in [0.25, 0.3) is 10.8 Å². The molecule has 1 N–H and O–H groups in total. The van der Waals surface area contributed by atoms with Gasteiger partial charge in [0.25, 0.3) is 5.91 Å². The van der Waals surface area contributed by atoms with Gasteiger partial charge in [0, 0.05) is 29.6 Å². The van der Waals surface area contributed by atoms with Crippen LogP contribution in [0.2, 0.25) is 0 Å². The molecule has 1 amide bonds. The summed E-state index contributed by atoms with van der Waals surface area (Å²) in [6, 6.07) is 23.8. The molecule has 1 heterocycles. The largest absolute Gasteiger partial charge is 0.368 e. The molecule has 0 aliphatic rings. The average molecular weight is 413 g/mol. The van der Waals surface area contributed by atoms with Gasteiger partial charge in [-0.15, -0.1) is 0 Å². The second-order valence-electron chi connectivity index (χ2n) is 7.78. The molecule has 0 bridgehead atoms. The molecular formula is C26H24FN3O. The fraction of sp³-hybridized carbons (Fsp3) is 0.154. The fourth-order valence-electron chi connectivity index (χ4n) is 3.49. The van der Waals surface area contributed by atoms with Crippen LogP contribution in [0, 0.1) is 5.82 Å². The second kappa shape index (κ2) is 8.96. The van der Waals surface area contributed by atoms with Gasteiger partial charge in [0.05, 0.1) is 6.54 Å². The number of fused-ring (bicyclic) bond motifs is 1. The van der Waals surface area contributed by atoms with E-state index in [1.165, 1.54) is 12.1 Å². The Hall–Kier alpha value is -3.73. The van der Waals surface area contributed by atoms with Crippen LogP contribution < -0.4 is 10.2 Å². The van der Waals surface area contributed by atoms with Crippen LogP contribution in [0.3, 0.4) is 0 Å². The number of rotatable bonds is 6. The number of hydrogen-bond acceptors (Lipinski definition) is 3. The van der Waals surface area contributed by atoms with Crippen molar-refractivity contribution in [3.8, 4) is 0 Å². The summed E-state index contributed by atoms with van der Waals surface area (Å²) in [6.45, 7) is 4.38. The first-order chi connectivity index (χ1) is 15.0. The van der Waals surface area contributed by atoms with Crippen molar-refractivity contribution in [1.29, 1.82) is 0 Å². The van der Waals surface area contributed by atoms with Gasteiger partial charge in [-0.3, -0.25) is 4.79 Å². The summed E-state index contributed by atoms with van der Waals surface area (Å²) in [5.41, 5.74) is 2.15. The Balaban J connectivity index is 1.73. The Bertz CT molecular complexity index is 1200. The molecular weight excluding hydrogens is 389 g/mol. The molecule has 31 heavy (non-hydrogen) atoms. The highest BCUT2D eigenvalue weighted by Gasteiger charge is 2.19. The van der Waals surface area contributed by atoms with Crippen LogP contribution in [-0.4, -0.2) is 16.9 Å². The highest BCUT2D eigenvalue weighted by molar-refractivity contribution is 6.08. The molecule has 0 unspecified atom stereocenters. The highest BCUT2D eigenvalue weighted by atomic mass is 19.1. The third-order valence-corrected chi connectivity index (χ3v) is 4.99. The molecule has 5 heteroatoms. The van der Waals surface area contributed by atoms with Crippen molar-refractivity contribution in [1.82, 2.24) is 4.98 Å². The summed E-state index contributed by atoms with van der Waals surface area (Å²) in [4.78, 5) is 19.7. The summed E-state index contributed by atoms with van der Waals surface area (Å²) in [7, 11) is 0. The molecule has 0 fully saturated rings. The maximum absolute atomic E-state index is 13.6. The van der Waals surface area contributed by atoms with Crippen molar-refractivity contribution < 1.29 is 9.18 Å². The van der Waals surface area contributed by atoms with Gasteiger partial charge in [-0.2, -0.15) is 0 Å². The second-order valence-corrected chi connectivity index (χ2v) is 7.78. The van der Waals surface area contributed by atoms with Crippen LogP contribution in [0.5, 0.6) is 0 Å². The van der Waals surface area contributed by atoms with Gasteiger partial charge in [-0.05, 0) is 60.5 Å². The van der Waals surface area contributed by atoms with Crippen LogP contribution in [0.4, 0.5) is 15.9 Å². The average Bonchev–Trinajstić information content (AvgIpc) is 2.77. The summed E-state index contributed by atoms with van der Waals surface area (Å²) in [5.74, 6) is 0.267. The zero-order chi connectivity index (χ0) is 21.8. The van der Waals surface area contributed by atoms with Crippen molar-refractivity contribution in [2.75, 3.05) is 10.2 Å². The van der Waals surface area contributed by atoms with Gasteiger partial charge in [-0.1, -0.05) is 42.5 Å². The lowest BCUT2D eigenvalue weighted by molar-refractivity contribution is 0.0985. The summed E-state index contributed by atoms with van der Waals surface area (Å²) in [5, 5.41) is 5.36. The first-order valence-corrected chi connectivity index (χ1v) is 10.3. The third kappa shape index (κ3) is 4.89. The fourth-order valence-corrected chi connectivity index (χ4v) is 3.49. The Kier molecular flexibility index (Phi) is 5.94. The van der Waals surface area contributed by atoms with Gasteiger partial charge in [0.1, 0.15) is 11.6 Å². The Morgan fingerprint density at radius 3 is 2.45 bits per heavy atom. The number of nitrogens with one attached hydrogen (secondary N) is 1. The number of nitrogens with zero attached hydrogens (tertiary/aromatic N) is 2. The molecule has 4 aromatic rings. The number of aromatic nitrogens is 1. The molecule has 4 rings (SSSR count). The van der Waals surface area contributed by atoms with Gasteiger partial charge in [0.2, 0.25) is 0 Å². The van der Waals surface area contributed by atoms with Crippen molar-refractivity contribution in [2.24, 2.45) is 0 Å². The Morgan fingerprint density at radius 1 is 0.968 bits per heavy atom. The quantitative estimate of drug-likeness (QED) is 0.419. The zero-order valence-electron chi connectivity index (χ0n) is 17.5. The van der Waals surface area contributed by atoms with Gasteiger partial charge >= 0.3 is 0 Å². The monoisotopic (exact) mass is 413 g/mol. The van der Waals surface area contributed by atoms with Crippen molar-refractivity contribution in [2.45, 2.75) is 26.4 Å². The number of carbonyl (C=O) groups is 1. The van der Waals surface area contributed by atoms with Gasteiger partial charge in [-0.25, -0.2) is 9.37 Å². The zero-order valence-corrected chi connectivity index (χ0v) is 17.5. The molecule has 3 aromatic carbocycles. The third-order valence-electron chi connectivity index (χ3n) is 4.99. The maximum atomic E-state index is 13.6. The Labute approximate surface area is 181 Å². The van der Waals surface area contributed by atoms with Crippen molar-refractivity contribution in [3.05, 3.63) is 102 Å². The molecule has 0 radical (unpaired) electrons. The molecule has 0 aliphatic heterocycles. The minimum atomic E-state index is -0.302. The molecule has 0 atom stereocenters. The van der Waals surface area contributed by atoms with Crippen LogP contribution >= 0.6 is 0 Å². The predicted molar refractivity (Wildman–Crippen MR) is 124 cm³/mol. The normalized spacial score (nSPS) is 11.0. The minimum Gasteiger partial charge on any atom is -0.368 e. The SMILES string of the molecule is CC(C)Nc1cc(N(Cc2ccc(F)cc2)C(=O)c2ccc3ccccc3c2)ccn1. The molecule has 1 aromatic heterocycles. The van der Waals surface area contributed by atoms with Crippen LogP contribution in [0.1, 0.15) is 29.8 Å². The smallest absolute Gasteiger partial charge is 0.258 e. The standard InChI is InChI=1S/C26H24FN3O/c1-18(2)29-25-16-24(13-14-28-25)30(17-19-7-11-23(27)12-8-19)26(31)22-10-9-20-5-3-4-6-21(20)15-22/h3-16,18H,17H2,1-2H3,(H,28,29). The Morgan fingerprint density at radius 2 is 1.71 bits per heavy atom. The van der Waals surface area contributed by atoms with E-state index in [4.69, 9.17) is 0 Å². The number of anilines is 2. The first kappa shape index (κ1) is 20.5. The van der Waals surface area contributed by atoms with E-state index in [-0.39, 0.29) is 17.8 Å². The van der Waals surface area contributed by atoms with E-state index in [2.05, 4.69) is 10.3 Å². The van der Waals surface area contributed by atoms with Gasteiger partial charge in [0.15, 0.2) is 0 Å². The van der Waals surface area contributed by atoms with E-state index in [0.29, 0.717) is 17.9 Å². The molecule has 4 nitrogen and oxygen atoms in total. The lowest BCUT2D eigenvalue weighted by Crippen LogP contribution is -2.30. The van der Waals surface area contributed by atoms with E-state index in [0.717, 1.165) is 22.0 Å². The van der Waals surface area contributed by atoms with Crippen LogP contribution in [0.15, 0.2) is 85.1 Å². The molecule has 156 valence electrons. The number of benzene rings is 3. The minimum absolute atomic E-state index is 0.128. The topological polar surface area (TPSA) is 45.2 Å². The first-order valence-electron chi connectivity index (χ1n) is 10.3. The van der Waals surface area contributed by atoms with E-state index < -0.39 is 0 Å². The maximum Gasteiger partial charge on any atom is 0.258 e. The van der Waals surface area contributed by atoms with E-state index in [1.54, 1.807) is 23.2 Å². The molecule has 0 aliphatic carbocycles. The van der Waals surface area contributed by atoms with Crippen LogP contribution in [-0.2, 0) is 6.54 Å². The van der Waals surface area contributed by atoms with E-state index >= 15 is 0 Å². The lowest BCUT2D eigenvalue weighted by Gasteiger charge is -2.24. The van der Waals surface area contributed by atoms with E-state index in [1.807, 2.05) is 68.4 Å². The molecule has 0 saturated heterocycles. The van der Waals surface area contributed by atoms with E-state index in [9.17, 15) is 9.18 Å². The highest BCUT2D eigenvalue weighted by Crippen LogP contribution is 2.24. The molecule has 0 spiro atoms.